The monoisotopic (exact) mass is 434 g/mol. The van der Waals surface area contributed by atoms with Crippen molar-refractivity contribution in [2.45, 2.75) is 58.3 Å². The van der Waals surface area contributed by atoms with Gasteiger partial charge in [0.1, 0.15) is 17.3 Å². The van der Waals surface area contributed by atoms with E-state index in [1.165, 1.54) is 12.1 Å². The number of nitrogens with zero attached hydrogens (tertiary/aromatic N) is 4. The van der Waals surface area contributed by atoms with Crippen molar-refractivity contribution >= 4 is 0 Å². The molecule has 1 aromatic heterocycles. The number of halogens is 1. The molecule has 0 bridgehead atoms. The maximum atomic E-state index is 13.2. The average molecular weight is 434 g/mol. The van der Waals surface area contributed by atoms with E-state index in [9.17, 15) is 9.50 Å². The second-order valence-corrected chi connectivity index (χ2v) is 8.08. The number of hydrogen-bond donors (Lipinski definition) is 1. The van der Waals surface area contributed by atoms with Crippen molar-refractivity contribution in [3.63, 3.8) is 0 Å². The molecule has 0 aliphatic rings. The topological polar surface area (TPSA) is 82.2 Å². The predicted octanol–water partition coefficient (Wildman–Crippen LogP) is 1.82. The first-order valence-electron chi connectivity index (χ1n) is 10.3. The van der Waals surface area contributed by atoms with Gasteiger partial charge in [-0.15, -0.1) is 0 Å². The standard InChI is InChI=1S/C23H28FN4O2.Na/c1-4-16-14-19(17-8-10-18(24)11-9-17)20(29)15-21(16)30-13-7-5-6-12-23(2,3)22-25-27-28-26-22;/h8-11,14-15H,4-7,12-13H2,1-3H3,(H-,25,26,27,28,29);/q-1;+1. The summed E-state index contributed by atoms with van der Waals surface area (Å²) in [5.41, 5.74) is 2.33. The van der Waals surface area contributed by atoms with Crippen LogP contribution in [0.1, 0.15) is 57.8 Å². The molecule has 31 heavy (non-hydrogen) atoms. The van der Waals surface area contributed by atoms with Crippen molar-refractivity contribution in [3.05, 3.63) is 53.6 Å². The molecule has 0 aliphatic heterocycles. The van der Waals surface area contributed by atoms with Crippen molar-refractivity contribution in [1.29, 1.82) is 0 Å². The summed E-state index contributed by atoms with van der Waals surface area (Å²) >= 11 is 0. The number of phenols is 1. The Balaban J connectivity index is 0.00000341. The Morgan fingerprint density at radius 3 is 2.48 bits per heavy atom. The van der Waals surface area contributed by atoms with E-state index in [0.717, 1.165) is 43.2 Å². The first kappa shape index (κ1) is 25.3. The molecule has 3 aromatic rings. The van der Waals surface area contributed by atoms with Gasteiger partial charge in [-0.2, -0.15) is 0 Å². The molecule has 3 rings (SSSR count). The predicted molar refractivity (Wildman–Crippen MR) is 113 cm³/mol. The fourth-order valence-corrected chi connectivity index (χ4v) is 3.44. The molecule has 0 amide bonds. The molecule has 0 saturated heterocycles. The van der Waals surface area contributed by atoms with Gasteiger partial charge in [-0.25, -0.2) is 4.39 Å². The van der Waals surface area contributed by atoms with E-state index in [2.05, 4.69) is 34.5 Å². The van der Waals surface area contributed by atoms with Crippen LogP contribution in [-0.2, 0) is 11.8 Å². The van der Waals surface area contributed by atoms with E-state index in [1.807, 2.05) is 13.0 Å². The maximum Gasteiger partial charge on any atom is 1.00 e. The van der Waals surface area contributed by atoms with Crippen molar-refractivity contribution in [2.24, 2.45) is 0 Å². The Labute approximate surface area is 204 Å². The minimum absolute atomic E-state index is 0. The molecule has 6 nitrogen and oxygen atoms in total. The molecule has 0 fully saturated rings. The summed E-state index contributed by atoms with van der Waals surface area (Å²) in [7, 11) is 0. The molecule has 0 saturated carbocycles. The third kappa shape index (κ3) is 6.76. The summed E-state index contributed by atoms with van der Waals surface area (Å²) in [6.07, 6.45) is 4.69. The van der Waals surface area contributed by atoms with E-state index in [4.69, 9.17) is 4.74 Å². The summed E-state index contributed by atoms with van der Waals surface area (Å²) in [5.74, 6) is 1.21. The van der Waals surface area contributed by atoms with Gasteiger partial charge < -0.3 is 14.9 Å². The number of aromatic hydroxyl groups is 1. The first-order valence-corrected chi connectivity index (χ1v) is 10.3. The van der Waals surface area contributed by atoms with Crippen molar-refractivity contribution < 1.29 is 43.8 Å². The van der Waals surface area contributed by atoms with E-state index in [0.29, 0.717) is 23.7 Å². The van der Waals surface area contributed by atoms with Gasteiger partial charge in [0.05, 0.1) is 6.61 Å². The van der Waals surface area contributed by atoms with Crippen molar-refractivity contribution in [1.82, 2.24) is 20.6 Å². The van der Waals surface area contributed by atoms with E-state index in [-0.39, 0.29) is 46.5 Å². The molecule has 0 spiro atoms. The number of aromatic nitrogens is 4. The average Bonchev–Trinajstić information content (AvgIpc) is 3.27. The van der Waals surface area contributed by atoms with Crippen molar-refractivity contribution in [2.75, 3.05) is 6.61 Å². The van der Waals surface area contributed by atoms with Crippen LogP contribution in [0.4, 0.5) is 4.39 Å². The minimum Gasteiger partial charge on any atom is -0.507 e. The van der Waals surface area contributed by atoms with Gasteiger partial charge in [0.2, 0.25) is 0 Å². The van der Waals surface area contributed by atoms with Gasteiger partial charge in [-0.1, -0.05) is 45.7 Å². The molecule has 2 aromatic carbocycles. The zero-order valence-corrected chi connectivity index (χ0v) is 20.7. The Hall–Kier alpha value is -1.96. The SMILES string of the molecule is CCc1cc(-c2ccc(F)cc2)c(O)cc1OCCCCCC(C)(C)c1nn[n-]n1.[Na+]. The molecule has 0 aliphatic carbocycles. The number of aryl methyl sites for hydroxylation is 1. The van der Waals surface area contributed by atoms with Crippen LogP contribution in [0.3, 0.4) is 0 Å². The first-order chi connectivity index (χ1) is 14.4. The van der Waals surface area contributed by atoms with Crippen LogP contribution in [0.15, 0.2) is 36.4 Å². The van der Waals surface area contributed by atoms with Crippen molar-refractivity contribution in [3.8, 4) is 22.6 Å². The second kappa shape index (κ2) is 11.6. The van der Waals surface area contributed by atoms with Gasteiger partial charge in [-0.3, -0.25) is 15.5 Å². The summed E-state index contributed by atoms with van der Waals surface area (Å²) < 4.78 is 19.1. The van der Waals surface area contributed by atoms with Gasteiger partial charge in [-0.05, 0) is 48.6 Å². The second-order valence-electron chi connectivity index (χ2n) is 8.08. The van der Waals surface area contributed by atoms with Crippen LogP contribution in [0, 0.1) is 5.82 Å². The van der Waals surface area contributed by atoms with Gasteiger partial charge in [0, 0.05) is 22.9 Å². The summed E-state index contributed by atoms with van der Waals surface area (Å²) in [6, 6.07) is 9.69. The Morgan fingerprint density at radius 1 is 1.10 bits per heavy atom. The van der Waals surface area contributed by atoms with Crippen LogP contribution in [-0.4, -0.2) is 27.1 Å². The minimum atomic E-state index is -0.298. The Kier molecular flexibility index (Phi) is 9.47. The summed E-state index contributed by atoms with van der Waals surface area (Å²) in [5, 5.41) is 25.5. The number of hydrogen-bond acceptors (Lipinski definition) is 5. The number of benzene rings is 2. The summed E-state index contributed by atoms with van der Waals surface area (Å²) in [4.78, 5) is 0. The van der Waals surface area contributed by atoms with Gasteiger partial charge in [0.15, 0.2) is 0 Å². The number of ether oxygens (including phenoxy) is 1. The van der Waals surface area contributed by atoms with Crippen LogP contribution in [0.5, 0.6) is 11.5 Å². The van der Waals surface area contributed by atoms with Crippen LogP contribution >= 0.6 is 0 Å². The van der Waals surface area contributed by atoms with Crippen LogP contribution in [0.25, 0.3) is 11.1 Å². The smallest absolute Gasteiger partial charge is 0.507 e. The maximum absolute atomic E-state index is 13.2. The molecular weight excluding hydrogens is 406 g/mol. The normalized spacial score (nSPS) is 11.2. The molecule has 0 unspecified atom stereocenters. The molecule has 0 radical (unpaired) electrons. The quantitative estimate of drug-likeness (QED) is 0.387. The Morgan fingerprint density at radius 2 is 1.84 bits per heavy atom. The van der Waals surface area contributed by atoms with Crippen LogP contribution in [0.2, 0.25) is 0 Å². The summed E-state index contributed by atoms with van der Waals surface area (Å²) in [6.45, 7) is 6.83. The zero-order chi connectivity index (χ0) is 21.6. The third-order valence-electron chi connectivity index (χ3n) is 5.34. The molecular formula is C23H28FN4NaO2. The molecule has 0 atom stereocenters. The Bertz CT molecular complexity index is 947. The fourth-order valence-electron chi connectivity index (χ4n) is 3.44. The molecule has 1 heterocycles. The number of unbranched alkanes of at least 4 members (excludes halogenated alkanes) is 2. The number of phenolic OH excluding ortho intramolecular Hbond substituents is 1. The van der Waals surface area contributed by atoms with Gasteiger partial charge in [0.25, 0.3) is 0 Å². The molecule has 8 heteroatoms. The molecule has 1 N–H and O–H groups in total. The number of tetrazole rings is 1. The number of rotatable bonds is 10. The molecule has 160 valence electrons. The van der Waals surface area contributed by atoms with E-state index >= 15 is 0 Å². The van der Waals surface area contributed by atoms with Crippen LogP contribution < -0.4 is 39.5 Å². The third-order valence-corrected chi connectivity index (χ3v) is 5.34. The zero-order valence-electron chi connectivity index (χ0n) is 18.7. The largest absolute Gasteiger partial charge is 1.00 e. The van der Waals surface area contributed by atoms with Gasteiger partial charge >= 0.3 is 29.6 Å². The fraction of sp³-hybridized carbons (Fsp3) is 0.435. The van der Waals surface area contributed by atoms with E-state index < -0.39 is 0 Å². The van der Waals surface area contributed by atoms with E-state index in [1.54, 1.807) is 18.2 Å².